The summed E-state index contributed by atoms with van der Waals surface area (Å²) in [7, 11) is 0. The predicted octanol–water partition coefficient (Wildman–Crippen LogP) is 1.65. The molecule has 0 atom stereocenters. The Morgan fingerprint density at radius 1 is 1.31 bits per heavy atom. The van der Waals surface area contributed by atoms with Crippen LogP contribution in [0.1, 0.15) is 27.2 Å². The summed E-state index contributed by atoms with van der Waals surface area (Å²) in [6, 6.07) is 0. The van der Waals surface area contributed by atoms with Gasteiger partial charge in [-0.15, -0.1) is 0 Å². The van der Waals surface area contributed by atoms with Gasteiger partial charge in [0.05, 0.1) is 12.9 Å². The van der Waals surface area contributed by atoms with Crippen molar-refractivity contribution >= 4 is 11.9 Å². The van der Waals surface area contributed by atoms with E-state index in [1.54, 1.807) is 0 Å². The molecule has 0 bridgehead atoms. The molecule has 0 rings (SSSR count). The average molecular weight is 188 g/mol. The van der Waals surface area contributed by atoms with E-state index >= 15 is 0 Å². The van der Waals surface area contributed by atoms with E-state index in [9.17, 15) is 9.59 Å². The second-order valence-electron chi connectivity index (χ2n) is 2.12. The number of ether oxygens (including phenoxy) is 2. The lowest BCUT2D eigenvalue weighted by Gasteiger charge is -1.93. The minimum Gasteiger partial charge on any atom is -0.466 e. The second-order valence-corrected chi connectivity index (χ2v) is 2.12. The Morgan fingerprint density at radius 3 is 1.92 bits per heavy atom. The van der Waals surface area contributed by atoms with E-state index in [2.05, 4.69) is 16.1 Å². The number of hydrogen-bond donors (Lipinski definition) is 0. The Kier molecular flexibility index (Phi) is 11.7. The lowest BCUT2D eigenvalue weighted by molar-refractivity contribution is -0.141. The molecule has 0 aliphatic rings. The summed E-state index contributed by atoms with van der Waals surface area (Å²) in [5, 5.41) is 0. The summed E-state index contributed by atoms with van der Waals surface area (Å²) >= 11 is 0. The molecule has 0 radical (unpaired) electrons. The Bertz CT molecular complexity index is 163. The highest BCUT2D eigenvalue weighted by Gasteiger charge is 1.85. The van der Waals surface area contributed by atoms with Crippen LogP contribution in [0.5, 0.6) is 0 Å². The van der Waals surface area contributed by atoms with E-state index in [0.717, 1.165) is 12.7 Å². The quantitative estimate of drug-likeness (QED) is 0.499. The van der Waals surface area contributed by atoms with Crippen molar-refractivity contribution in [2.24, 2.45) is 0 Å². The number of carbonyl (C=O) groups excluding carboxylic acids is 2. The Labute approximate surface area is 78.5 Å². The van der Waals surface area contributed by atoms with Crippen LogP contribution in [0.15, 0.2) is 12.8 Å². The van der Waals surface area contributed by atoms with Gasteiger partial charge in [-0.3, -0.25) is 9.59 Å². The lowest BCUT2D eigenvalue weighted by Crippen LogP contribution is -1.98. The third kappa shape index (κ3) is 24.9. The smallest absolute Gasteiger partial charge is 0.307 e. The molecule has 0 unspecified atom stereocenters. The molecule has 76 valence electrons. The fourth-order valence-corrected chi connectivity index (χ4v) is 0.363. The predicted molar refractivity (Wildman–Crippen MR) is 48.9 cm³/mol. The van der Waals surface area contributed by atoms with E-state index in [1.165, 1.54) is 13.8 Å². The van der Waals surface area contributed by atoms with Crippen LogP contribution in [-0.2, 0) is 19.1 Å². The Balaban J connectivity index is 0. The van der Waals surface area contributed by atoms with Gasteiger partial charge < -0.3 is 9.47 Å². The molecule has 0 aliphatic heterocycles. The molecule has 0 aromatic rings. The molecule has 0 saturated carbocycles. The van der Waals surface area contributed by atoms with E-state index < -0.39 is 0 Å². The van der Waals surface area contributed by atoms with Gasteiger partial charge in [-0.25, -0.2) is 0 Å². The first-order valence-corrected chi connectivity index (χ1v) is 3.96. The van der Waals surface area contributed by atoms with E-state index in [0.29, 0.717) is 6.61 Å². The Hall–Kier alpha value is -1.32. The highest BCUT2D eigenvalue weighted by Crippen LogP contribution is 1.78. The number of esters is 2. The summed E-state index contributed by atoms with van der Waals surface area (Å²) in [5.74, 6) is -0.521. The van der Waals surface area contributed by atoms with Gasteiger partial charge in [0.1, 0.15) is 0 Å². The van der Waals surface area contributed by atoms with Gasteiger partial charge in [0.15, 0.2) is 0 Å². The summed E-state index contributed by atoms with van der Waals surface area (Å²) < 4.78 is 8.72. The van der Waals surface area contributed by atoms with Gasteiger partial charge >= 0.3 is 11.9 Å². The van der Waals surface area contributed by atoms with Crippen LogP contribution in [-0.4, -0.2) is 18.5 Å². The maximum absolute atomic E-state index is 9.98. The third-order valence-electron chi connectivity index (χ3n) is 0.759. The number of hydrogen-bond acceptors (Lipinski definition) is 4. The molecular formula is C9H16O4. The Morgan fingerprint density at radius 2 is 1.85 bits per heavy atom. The first kappa shape index (κ1) is 14.2. The highest BCUT2D eigenvalue weighted by atomic mass is 16.5. The van der Waals surface area contributed by atoms with E-state index in [1.807, 2.05) is 6.92 Å². The monoisotopic (exact) mass is 188 g/mol. The van der Waals surface area contributed by atoms with Gasteiger partial charge in [0.25, 0.3) is 0 Å². The molecule has 0 aliphatic carbocycles. The van der Waals surface area contributed by atoms with Crippen LogP contribution in [0.2, 0.25) is 0 Å². The molecule has 0 saturated heterocycles. The van der Waals surface area contributed by atoms with Gasteiger partial charge in [0, 0.05) is 13.8 Å². The van der Waals surface area contributed by atoms with Crippen molar-refractivity contribution in [1.82, 2.24) is 0 Å². The van der Waals surface area contributed by atoms with Crippen molar-refractivity contribution in [1.29, 1.82) is 0 Å². The fourth-order valence-electron chi connectivity index (χ4n) is 0.363. The largest absolute Gasteiger partial charge is 0.466 e. The van der Waals surface area contributed by atoms with Crippen molar-refractivity contribution in [2.75, 3.05) is 6.61 Å². The zero-order valence-corrected chi connectivity index (χ0v) is 8.33. The standard InChI is InChI=1S/C5H10O2.C4H6O2/c1-3-4-7-5(2)6;1-3-6-4(2)5/h3-4H2,1-2H3;3H,1H2,2H3. The van der Waals surface area contributed by atoms with Crippen molar-refractivity contribution in [3.63, 3.8) is 0 Å². The highest BCUT2D eigenvalue weighted by molar-refractivity contribution is 5.66. The molecule has 13 heavy (non-hydrogen) atoms. The molecule has 0 amide bonds. The molecule has 4 nitrogen and oxygen atoms in total. The number of carbonyl (C=O) groups is 2. The van der Waals surface area contributed by atoms with Crippen molar-refractivity contribution in [2.45, 2.75) is 27.2 Å². The first-order valence-electron chi connectivity index (χ1n) is 3.96. The normalized spacial score (nSPS) is 7.62. The summed E-state index contributed by atoms with van der Waals surface area (Å²) in [5.41, 5.74) is 0. The molecular weight excluding hydrogens is 172 g/mol. The lowest BCUT2D eigenvalue weighted by atomic mass is 10.5. The van der Waals surface area contributed by atoms with Crippen LogP contribution in [0.4, 0.5) is 0 Å². The fraction of sp³-hybridized carbons (Fsp3) is 0.556. The zero-order chi connectivity index (χ0) is 10.7. The molecule has 4 heteroatoms. The minimum atomic E-state index is -0.329. The van der Waals surface area contributed by atoms with Gasteiger partial charge in [0.2, 0.25) is 0 Å². The SMILES string of the molecule is C=COC(C)=O.CCCOC(C)=O. The van der Waals surface area contributed by atoms with Gasteiger partial charge in [-0.1, -0.05) is 13.5 Å². The molecule has 0 spiro atoms. The van der Waals surface area contributed by atoms with Crippen LogP contribution >= 0.6 is 0 Å². The third-order valence-corrected chi connectivity index (χ3v) is 0.759. The van der Waals surface area contributed by atoms with Gasteiger partial charge in [-0.2, -0.15) is 0 Å². The number of rotatable bonds is 3. The second kappa shape index (κ2) is 10.7. The molecule has 0 aromatic heterocycles. The first-order chi connectivity index (χ1) is 6.04. The molecule has 0 aromatic carbocycles. The van der Waals surface area contributed by atoms with Crippen LogP contribution in [0.3, 0.4) is 0 Å². The van der Waals surface area contributed by atoms with Crippen molar-refractivity contribution in [3.8, 4) is 0 Å². The molecule has 0 fully saturated rings. The van der Waals surface area contributed by atoms with Crippen molar-refractivity contribution in [3.05, 3.63) is 12.8 Å². The topological polar surface area (TPSA) is 52.6 Å². The summed E-state index contributed by atoms with van der Waals surface area (Å²) in [4.78, 5) is 19.7. The maximum atomic E-state index is 9.98. The van der Waals surface area contributed by atoms with Crippen LogP contribution in [0, 0.1) is 0 Å². The zero-order valence-electron chi connectivity index (χ0n) is 8.33. The van der Waals surface area contributed by atoms with Crippen LogP contribution < -0.4 is 0 Å². The van der Waals surface area contributed by atoms with E-state index in [4.69, 9.17) is 0 Å². The van der Waals surface area contributed by atoms with Gasteiger partial charge in [-0.05, 0) is 6.42 Å². The molecule has 0 heterocycles. The maximum Gasteiger partial charge on any atom is 0.307 e. The molecule has 0 N–H and O–H groups in total. The van der Waals surface area contributed by atoms with Crippen molar-refractivity contribution < 1.29 is 19.1 Å². The summed E-state index contributed by atoms with van der Waals surface area (Å²) in [6.07, 6.45) is 2.00. The minimum absolute atomic E-state index is 0.193. The summed E-state index contributed by atoms with van der Waals surface area (Å²) in [6.45, 7) is 8.40. The van der Waals surface area contributed by atoms with Crippen LogP contribution in [0.25, 0.3) is 0 Å². The van der Waals surface area contributed by atoms with E-state index in [-0.39, 0.29) is 11.9 Å². The average Bonchev–Trinajstić information content (AvgIpc) is 2.01.